The Morgan fingerprint density at radius 1 is 1.33 bits per heavy atom. The first-order chi connectivity index (χ1) is 2.94. The fraction of sp³-hybridized carbons (Fsp3) is 1.00. The van der Waals surface area contributed by atoms with Crippen LogP contribution in [0.2, 0.25) is 0 Å². The van der Waals surface area contributed by atoms with Gasteiger partial charge >= 0.3 is 48.8 Å². The van der Waals surface area contributed by atoms with Crippen LogP contribution in [0.3, 0.4) is 0 Å². The molecule has 0 aromatic rings. The van der Waals surface area contributed by atoms with E-state index in [0.29, 0.717) is 0 Å². The second kappa shape index (κ2) is 5.78. The van der Waals surface area contributed by atoms with Gasteiger partial charge < -0.3 is 0 Å². The van der Waals surface area contributed by atoms with Gasteiger partial charge in [0.1, 0.15) is 0 Å². The summed E-state index contributed by atoms with van der Waals surface area (Å²) in [4.78, 5) is 0. The van der Waals surface area contributed by atoms with Crippen molar-refractivity contribution in [3.8, 4) is 0 Å². The molecular formula is CH7NaO5S2. The van der Waals surface area contributed by atoms with E-state index in [2.05, 4.69) is 0 Å². The van der Waals surface area contributed by atoms with Crippen LogP contribution < -0.4 is 0 Å². The van der Waals surface area contributed by atoms with E-state index in [1.807, 2.05) is 0 Å². The summed E-state index contributed by atoms with van der Waals surface area (Å²) in [6.07, 6.45) is 0. The average Bonchev–Trinajstić information content (AvgIpc) is 1.31. The zero-order chi connectivity index (χ0) is 6.08. The molecular weight excluding hydrogens is 179 g/mol. The van der Waals surface area contributed by atoms with Crippen molar-refractivity contribution in [1.82, 2.24) is 0 Å². The summed E-state index contributed by atoms with van der Waals surface area (Å²) in [6.45, 7) is 0. The van der Waals surface area contributed by atoms with Crippen LogP contribution in [0.4, 0.5) is 0 Å². The molecule has 5 nitrogen and oxygen atoms in total. The van der Waals surface area contributed by atoms with E-state index in [1.165, 1.54) is 0 Å². The van der Waals surface area contributed by atoms with Crippen molar-refractivity contribution in [3.05, 3.63) is 0 Å². The zero-order valence-electron chi connectivity index (χ0n) is 2.94. The van der Waals surface area contributed by atoms with Gasteiger partial charge in [-0.2, -0.15) is 8.42 Å². The molecule has 54 valence electrons. The molecule has 0 radical (unpaired) electrons. The van der Waals surface area contributed by atoms with Crippen molar-refractivity contribution in [3.63, 3.8) is 0 Å². The second-order valence-corrected chi connectivity index (χ2v) is 4.05. The number of hydrogen-bond donors (Lipinski definition) is 2. The maximum absolute atomic E-state index is 9.34. The first-order valence-corrected chi connectivity index (χ1v) is 4.10. The zero-order valence-corrected chi connectivity index (χ0v) is 4.57. The standard InChI is InChI=1S/CH4.Na.H2O5S2.H/c;;1-6(2)7(3,4)5;/h1H4;;(H,1,2)(H,3,4,5);. The van der Waals surface area contributed by atoms with E-state index in [1.54, 1.807) is 0 Å². The Balaban J connectivity index is -0.000000180. The molecule has 0 aliphatic rings. The predicted molar refractivity (Wildman–Crippen MR) is 36.2 cm³/mol. The SMILES string of the molecule is C.O=S(O)S(=O)(=O)O.[NaH]. The van der Waals surface area contributed by atoms with E-state index < -0.39 is 19.3 Å². The Bertz CT molecular complexity index is 169. The minimum atomic E-state index is -4.71. The third-order valence-electron chi connectivity index (χ3n) is 0.180. The number of hydrogen-bond acceptors (Lipinski definition) is 3. The molecule has 8 heteroatoms. The van der Waals surface area contributed by atoms with E-state index in [9.17, 15) is 12.6 Å². The molecule has 2 N–H and O–H groups in total. The number of rotatable bonds is 1. The molecule has 0 saturated heterocycles. The van der Waals surface area contributed by atoms with Gasteiger partial charge in [-0.1, -0.05) is 7.43 Å². The fourth-order valence-electron chi connectivity index (χ4n) is 0. The van der Waals surface area contributed by atoms with Crippen molar-refractivity contribution in [2.75, 3.05) is 0 Å². The van der Waals surface area contributed by atoms with E-state index in [0.717, 1.165) is 0 Å². The van der Waals surface area contributed by atoms with Crippen LogP contribution in [-0.2, 0) is 19.3 Å². The van der Waals surface area contributed by atoms with Crippen LogP contribution in [0, 0.1) is 0 Å². The Hall–Kier alpha value is 1.02. The molecule has 0 aliphatic carbocycles. The van der Waals surface area contributed by atoms with Gasteiger partial charge in [0, 0.05) is 0 Å². The Kier molecular flexibility index (Phi) is 10.6. The molecule has 0 saturated carbocycles. The van der Waals surface area contributed by atoms with Crippen LogP contribution in [0.1, 0.15) is 7.43 Å². The van der Waals surface area contributed by atoms with Gasteiger partial charge in [-0.15, -0.1) is 0 Å². The predicted octanol–water partition coefficient (Wildman–Crippen LogP) is -1.00. The molecule has 0 aromatic heterocycles. The van der Waals surface area contributed by atoms with Crippen LogP contribution >= 0.6 is 0 Å². The molecule has 0 aromatic carbocycles. The molecule has 0 heterocycles. The van der Waals surface area contributed by atoms with E-state index in [4.69, 9.17) is 9.11 Å². The third-order valence-corrected chi connectivity index (χ3v) is 1.62. The molecule has 0 fully saturated rings. The Morgan fingerprint density at radius 2 is 1.44 bits per heavy atom. The summed E-state index contributed by atoms with van der Waals surface area (Å²) in [7, 11) is -7.87. The second-order valence-electron chi connectivity index (χ2n) is 0.645. The van der Waals surface area contributed by atoms with Gasteiger partial charge in [0.2, 0.25) is 0 Å². The molecule has 1 unspecified atom stereocenters. The van der Waals surface area contributed by atoms with Crippen molar-refractivity contribution in [2.24, 2.45) is 0 Å². The quantitative estimate of drug-likeness (QED) is 0.237. The first-order valence-electron chi connectivity index (χ1n) is 1.03. The van der Waals surface area contributed by atoms with Crippen molar-refractivity contribution in [1.29, 1.82) is 0 Å². The first kappa shape index (κ1) is 16.5. The normalized spacial score (nSPS) is 12.7. The van der Waals surface area contributed by atoms with Gasteiger partial charge in [-0.05, 0) is 0 Å². The molecule has 0 spiro atoms. The van der Waals surface area contributed by atoms with Gasteiger partial charge in [-0.3, -0.25) is 9.11 Å². The maximum atomic E-state index is 9.34. The van der Waals surface area contributed by atoms with Gasteiger partial charge in [0.05, 0.1) is 0 Å². The van der Waals surface area contributed by atoms with Crippen LogP contribution in [0.25, 0.3) is 0 Å². The van der Waals surface area contributed by atoms with Gasteiger partial charge in [0.25, 0.3) is 0 Å². The van der Waals surface area contributed by atoms with Gasteiger partial charge in [0.15, 0.2) is 0 Å². The Morgan fingerprint density at radius 3 is 1.44 bits per heavy atom. The molecule has 0 bridgehead atoms. The van der Waals surface area contributed by atoms with Crippen molar-refractivity contribution >= 4 is 48.8 Å². The molecule has 0 rings (SSSR count). The molecule has 1 atom stereocenters. The summed E-state index contributed by atoms with van der Waals surface area (Å²) >= 11 is 0. The monoisotopic (exact) mass is 186 g/mol. The topological polar surface area (TPSA) is 91.7 Å². The summed E-state index contributed by atoms with van der Waals surface area (Å²) in [5, 5.41) is 0. The fourth-order valence-corrected chi connectivity index (χ4v) is 0. The molecule has 0 aliphatic heterocycles. The summed E-state index contributed by atoms with van der Waals surface area (Å²) in [5.41, 5.74) is 0. The third kappa shape index (κ3) is 9.02. The van der Waals surface area contributed by atoms with Gasteiger partial charge in [-0.25, -0.2) is 4.21 Å². The minimum absolute atomic E-state index is 0. The van der Waals surface area contributed by atoms with Crippen LogP contribution in [0.5, 0.6) is 0 Å². The average molecular weight is 186 g/mol. The summed E-state index contributed by atoms with van der Waals surface area (Å²) in [5.74, 6) is 0. The molecule has 0 amide bonds. The molecule has 9 heavy (non-hydrogen) atoms. The van der Waals surface area contributed by atoms with Crippen LogP contribution in [-0.4, -0.2) is 51.3 Å². The van der Waals surface area contributed by atoms with Crippen molar-refractivity contribution < 1.29 is 21.7 Å². The Labute approximate surface area is 77.6 Å². The van der Waals surface area contributed by atoms with E-state index in [-0.39, 0.29) is 37.0 Å². The van der Waals surface area contributed by atoms with E-state index >= 15 is 0 Å². The summed E-state index contributed by atoms with van der Waals surface area (Å²) < 4.78 is 43.0. The summed E-state index contributed by atoms with van der Waals surface area (Å²) in [6, 6.07) is 0. The van der Waals surface area contributed by atoms with Crippen molar-refractivity contribution in [2.45, 2.75) is 7.43 Å². The van der Waals surface area contributed by atoms with Crippen LogP contribution in [0.15, 0.2) is 0 Å².